The van der Waals surface area contributed by atoms with Gasteiger partial charge < -0.3 is 15.0 Å². The first-order valence-electron chi connectivity index (χ1n) is 14.3. The van der Waals surface area contributed by atoms with Crippen molar-refractivity contribution in [3.8, 4) is 17.0 Å². The zero-order chi connectivity index (χ0) is 31.2. The number of hydrogen-bond acceptors (Lipinski definition) is 7. The van der Waals surface area contributed by atoms with E-state index in [1.807, 2.05) is 0 Å². The third kappa shape index (κ3) is 7.33. The van der Waals surface area contributed by atoms with Gasteiger partial charge >= 0.3 is 6.61 Å². The average molecular weight is 627 g/mol. The molecule has 0 spiro atoms. The molecule has 232 valence electrons. The lowest BCUT2D eigenvalue weighted by atomic mass is 10.0. The van der Waals surface area contributed by atoms with E-state index < -0.39 is 12.5 Å². The molecule has 0 aliphatic carbocycles. The topological polar surface area (TPSA) is 110 Å². The largest absolute Gasteiger partial charge is 0.434 e. The minimum Gasteiger partial charge on any atom is -0.434 e. The van der Waals surface area contributed by atoms with E-state index in [1.54, 1.807) is 17.2 Å². The first-order valence-corrected chi connectivity index (χ1v) is 14.7. The zero-order valence-corrected chi connectivity index (χ0v) is 25.1. The fourth-order valence-electron chi connectivity index (χ4n) is 5.17. The van der Waals surface area contributed by atoms with Crippen LogP contribution in [0, 0.1) is 13.0 Å². The Balaban J connectivity index is 1.37. The molecule has 1 fully saturated rings. The van der Waals surface area contributed by atoms with Gasteiger partial charge in [-0.1, -0.05) is 24.9 Å². The SMILES string of the molecule is CC[CH]C[CH]N(C)C1CCN(C(=O)Cn2cc(NC(=O)c3cnn4cccnc34)c(-c3cc(Cl)ccc3OC(F)F)n2)CC1. The van der Waals surface area contributed by atoms with Crippen LogP contribution in [-0.2, 0) is 11.3 Å². The number of nitrogens with one attached hydrogen (secondary N) is 1. The van der Waals surface area contributed by atoms with E-state index in [-0.39, 0.29) is 45.7 Å². The Morgan fingerprint density at radius 3 is 2.82 bits per heavy atom. The summed E-state index contributed by atoms with van der Waals surface area (Å²) in [6.07, 6.45) is 11.9. The minimum atomic E-state index is -3.11. The molecule has 1 saturated heterocycles. The predicted molar refractivity (Wildman–Crippen MR) is 161 cm³/mol. The van der Waals surface area contributed by atoms with Gasteiger partial charge in [0, 0.05) is 54.9 Å². The number of halogens is 3. The van der Waals surface area contributed by atoms with Crippen LogP contribution >= 0.6 is 11.6 Å². The van der Waals surface area contributed by atoms with Crippen LogP contribution in [0.5, 0.6) is 5.75 Å². The maximum absolute atomic E-state index is 13.3. The monoisotopic (exact) mass is 626 g/mol. The molecule has 1 aliphatic rings. The standard InChI is InChI=1S/C30H33ClF2N8O3/c1-3-4-5-12-38(2)21-9-14-39(15-10-21)26(42)19-40-18-24(36-29(43)23-17-35-41-13-6-11-34-28(23)41)27(37-40)22-16-20(31)7-8-25(22)44-30(32)33/h4,6-8,11-13,16-18,21,30H,3,5,9-10,14-15,19H2,1-2H3,(H,36,43). The van der Waals surface area contributed by atoms with Gasteiger partial charge in [0.05, 0.1) is 11.9 Å². The Hall–Kier alpha value is -4.10. The van der Waals surface area contributed by atoms with E-state index in [2.05, 4.69) is 52.3 Å². The molecule has 1 aromatic carbocycles. The number of benzene rings is 1. The summed E-state index contributed by atoms with van der Waals surface area (Å²) in [7, 11) is 2.07. The third-order valence-electron chi connectivity index (χ3n) is 7.49. The number of nitrogens with zero attached hydrogens (tertiary/aromatic N) is 7. The van der Waals surface area contributed by atoms with Crippen LogP contribution in [-0.4, -0.2) is 78.8 Å². The number of carbonyl (C=O) groups is 2. The number of piperidine rings is 1. The predicted octanol–water partition coefficient (Wildman–Crippen LogP) is 5.19. The minimum absolute atomic E-state index is 0.105. The van der Waals surface area contributed by atoms with E-state index in [9.17, 15) is 18.4 Å². The average Bonchev–Trinajstić information content (AvgIpc) is 3.62. The van der Waals surface area contributed by atoms with Crippen molar-refractivity contribution in [2.24, 2.45) is 0 Å². The van der Waals surface area contributed by atoms with E-state index >= 15 is 0 Å². The van der Waals surface area contributed by atoms with Crippen LogP contribution in [0.4, 0.5) is 14.5 Å². The maximum atomic E-state index is 13.3. The Labute approximate surface area is 258 Å². The molecule has 1 aliphatic heterocycles. The van der Waals surface area contributed by atoms with E-state index in [0.29, 0.717) is 24.8 Å². The van der Waals surface area contributed by atoms with Gasteiger partial charge in [-0.25, -0.2) is 9.50 Å². The molecule has 44 heavy (non-hydrogen) atoms. The van der Waals surface area contributed by atoms with Crippen molar-refractivity contribution in [2.45, 2.75) is 51.8 Å². The van der Waals surface area contributed by atoms with Gasteiger partial charge in [-0.05, 0) is 57.0 Å². The number of rotatable bonds is 12. The molecule has 2 amide bonds. The van der Waals surface area contributed by atoms with Crippen LogP contribution in [0.25, 0.3) is 16.9 Å². The maximum Gasteiger partial charge on any atom is 0.387 e. The number of unbranched alkanes of at least 4 members (excludes halogenated alkanes) is 2. The van der Waals surface area contributed by atoms with Crippen LogP contribution in [0.2, 0.25) is 5.02 Å². The van der Waals surface area contributed by atoms with Crippen molar-refractivity contribution in [2.75, 3.05) is 25.5 Å². The molecule has 5 rings (SSSR count). The number of anilines is 1. The summed E-state index contributed by atoms with van der Waals surface area (Å²) in [5.41, 5.74) is 0.910. The molecule has 4 aromatic rings. The van der Waals surface area contributed by atoms with E-state index in [1.165, 1.54) is 46.0 Å². The highest BCUT2D eigenvalue weighted by molar-refractivity contribution is 6.31. The third-order valence-corrected chi connectivity index (χ3v) is 7.72. The second-order valence-corrected chi connectivity index (χ2v) is 10.8. The van der Waals surface area contributed by atoms with E-state index in [0.717, 1.165) is 25.7 Å². The van der Waals surface area contributed by atoms with Gasteiger partial charge in [0.15, 0.2) is 5.65 Å². The van der Waals surface area contributed by atoms with Crippen molar-refractivity contribution in [1.82, 2.24) is 34.2 Å². The van der Waals surface area contributed by atoms with Crippen molar-refractivity contribution >= 4 is 34.7 Å². The lowest BCUT2D eigenvalue weighted by Crippen LogP contribution is -2.45. The summed E-state index contributed by atoms with van der Waals surface area (Å²) < 4.78 is 34.1. The normalized spacial score (nSPS) is 14.1. The highest BCUT2D eigenvalue weighted by atomic mass is 35.5. The van der Waals surface area contributed by atoms with Crippen molar-refractivity contribution in [1.29, 1.82) is 0 Å². The summed E-state index contributed by atoms with van der Waals surface area (Å²) in [6.45, 7) is 2.26. The molecule has 0 unspecified atom stereocenters. The number of fused-ring (bicyclic) bond motifs is 1. The Bertz CT molecular complexity index is 1600. The fourth-order valence-corrected chi connectivity index (χ4v) is 5.35. The van der Waals surface area contributed by atoms with Crippen molar-refractivity contribution in [3.63, 3.8) is 0 Å². The highest BCUT2D eigenvalue weighted by Crippen LogP contribution is 2.37. The molecule has 14 heteroatoms. The number of amides is 2. The lowest BCUT2D eigenvalue weighted by Gasteiger charge is -2.36. The number of aromatic nitrogens is 5. The number of alkyl halides is 2. The summed E-state index contributed by atoms with van der Waals surface area (Å²) in [6, 6.07) is 6.15. The van der Waals surface area contributed by atoms with Crippen LogP contribution in [0.15, 0.2) is 49.1 Å². The van der Waals surface area contributed by atoms with Crippen LogP contribution in [0.3, 0.4) is 0 Å². The molecule has 2 radical (unpaired) electrons. The number of likely N-dealkylation sites (tertiary alicyclic amines) is 1. The number of hydrogen-bond donors (Lipinski definition) is 1. The fraction of sp³-hybridized carbons (Fsp3) is 0.367. The van der Waals surface area contributed by atoms with Crippen LogP contribution in [0.1, 0.15) is 43.0 Å². The van der Waals surface area contributed by atoms with Gasteiger partial charge in [0.1, 0.15) is 23.6 Å². The second-order valence-electron chi connectivity index (χ2n) is 10.4. The highest BCUT2D eigenvalue weighted by Gasteiger charge is 2.27. The molecule has 0 saturated carbocycles. The first-order chi connectivity index (χ1) is 21.2. The first kappa shape index (κ1) is 31.3. The molecule has 3 aromatic heterocycles. The molecular formula is C30H33ClF2N8O3. The van der Waals surface area contributed by atoms with Gasteiger partial charge in [0.25, 0.3) is 5.91 Å². The summed E-state index contributed by atoms with van der Waals surface area (Å²) >= 11 is 6.22. The number of carbonyl (C=O) groups excluding carboxylic acids is 2. The van der Waals surface area contributed by atoms with E-state index in [4.69, 9.17) is 16.3 Å². The van der Waals surface area contributed by atoms with Gasteiger partial charge in [-0.3, -0.25) is 19.2 Å². The Kier molecular flexibility index (Phi) is 10.1. The number of ether oxygens (including phenoxy) is 1. The second kappa shape index (κ2) is 14.1. The van der Waals surface area contributed by atoms with Crippen molar-refractivity contribution < 1.29 is 23.1 Å². The quantitative estimate of drug-likeness (QED) is 0.216. The summed E-state index contributed by atoms with van der Waals surface area (Å²) in [5, 5.41) is 11.7. The van der Waals surface area contributed by atoms with Gasteiger partial charge in [-0.2, -0.15) is 19.0 Å². The molecule has 11 nitrogen and oxygen atoms in total. The zero-order valence-electron chi connectivity index (χ0n) is 24.4. The van der Waals surface area contributed by atoms with Crippen LogP contribution < -0.4 is 10.1 Å². The molecular weight excluding hydrogens is 594 g/mol. The molecule has 4 heterocycles. The van der Waals surface area contributed by atoms with Gasteiger partial charge in [0.2, 0.25) is 5.91 Å². The Morgan fingerprint density at radius 2 is 2.07 bits per heavy atom. The van der Waals surface area contributed by atoms with Gasteiger partial charge in [-0.15, -0.1) is 0 Å². The summed E-state index contributed by atoms with van der Waals surface area (Å²) in [5.74, 6) is -0.888. The Morgan fingerprint density at radius 1 is 1.27 bits per heavy atom. The molecule has 0 atom stereocenters. The smallest absolute Gasteiger partial charge is 0.387 e. The summed E-state index contributed by atoms with van der Waals surface area (Å²) in [4.78, 5) is 34.9. The lowest BCUT2D eigenvalue weighted by molar-refractivity contribution is -0.133. The molecule has 0 bridgehead atoms. The molecule has 1 N–H and O–H groups in total. The van der Waals surface area contributed by atoms with Crippen molar-refractivity contribution in [3.05, 3.63) is 72.6 Å².